The van der Waals surface area contributed by atoms with Crippen LogP contribution in [-0.4, -0.2) is 34.3 Å². The summed E-state index contributed by atoms with van der Waals surface area (Å²) >= 11 is 0. The Balaban J connectivity index is 4.10. The van der Waals surface area contributed by atoms with E-state index in [1.165, 1.54) is 0 Å². The minimum Gasteiger partial charge on any atom is -0.409 e. The van der Waals surface area contributed by atoms with Crippen molar-refractivity contribution in [1.82, 2.24) is 5.32 Å². The number of nitrogens with one attached hydrogen (secondary N) is 1. The Kier molecular flexibility index (Phi) is 5.49. The van der Waals surface area contributed by atoms with Gasteiger partial charge in [0.1, 0.15) is 5.84 Å². The summed E-state index contributed by atoms with van der Waals surface area (Å²) in [6.45, 7) is 5.95. The van der Waals surface area contributed by atoms with Crippen LogP contribution in [0.15, 0.2) is 5.16 Å². The maximum Gasteiger partial charge on any atom is 0.140 e. The number of hydrogen-bond acceptors (Lipinski definition) is 4. The number of oxime groups is 1. The third-order valence-electron chi connectivity index (χ3n) is 2.37. The molecule has 0 amide bonds. The molecule has 5 heteroatoms. The van der Waals surface area contributed by atoms with Crippen LogP contribution in [0, 0.1) is 0 Å². The molecular formula is C9H21N3O2. The van der Waals surface area contributed by atoms with E-state index in [-0.39, 0.29) is 24.0 Å². The Bertz CT molecular complexity index is 190. The van der Waals surface area contributed by atoms with Gasteiger partial charge in [-0.1, -0.05) is 12.1 Å². The van der Waals surface area contributed by atoms with E-state index in [2.05, 4.69) is 10.5 Å². The molecule has 0 fully saturated rings. The first kappa shape index (κ1) is 13.2. The smallest absolute Gasteiger partial charge is 0.140 e. The molecule has 2 atom stereocenters. The fourth-order valence-electron chi connectivity index (χ4n) is 1.26. The number of aliphatic hydroxyl groups excluding tert-OH is 1. The highest BCUT2D eigenvalue weighted by Gasteiger charge is 2.22. The number of aliphatic hydroxyl groups is 1. The first-order valence-corrected chi connectivity index (χ1v) is 4.82. The van der Waals surface area contributed by atoms with Gasteiger partial charge in [-0.05, 0) is 20.3 Å². The summed E-state index contributed by atoms with van der Waals surface area (Å²) in [6, 6.07) is 0.0722. The molecule has 5 N–H and O–H groups in total. The fourth-order valence-corrected chi connectivity index (χ4v) is 1.26. The minimum atomic E-state index is -0.296. The zero-order valence-corrected chi connectivity index (χ0v) is 9.12. The first-order chi connectivity index (χ1) is 6.47. The molecule has 0 aromatic carbocycles. The van der Waals surface area contributed by atoms with Crippen LogP contribution < -0.4 is 11.1 Å². The second-order valence-corrected chi connectivity index (χ2v) is 3.91. The monoisotopic (exact) mass is 203 g/mol. The lowest BCUT2D eigenvalue weighted by Gasteiger charge is -2.31. The number of nitrogens with two attached hydrogens (primary N) is 1. The average molecular weight is 203 g/mol. The summed E-state index contributed by atoms with van der Waals surface area (Å²) in [5.41, 5.74) is 5.08. The Labute approximate surface area is 85.0 Å². The Hall–Kier alpha value is -0.810. The predicted molar refractivity (Wildman–Crippen MR) is 56.4 cm³/mol. The van der Waals surface area contributed by atoms with E-state index < -0.39 is 0 Å². The third-order valence-corrected chi connectivity index (χ3v) is 2.37. The first-order valence-electron chi connectivity index (χ1n) is 4.82. The average Bonchev–Trinajstić information content (AvgIpc) is 2.17. The molecule has 14 heavy (non-hydrogen) atoms. The van der Waals surface area contributed by atoms with Gasteiger partial charge in [-0.25, -0.2) is 0 Å². The van der Waals surface area contributed by atoms with E-state index in [0.29, 0.717) is 6.42 Å². The molecule has 0 aliphatic carbocycles. The molecule has 0 aliphatic heterocycles. The van der Waals surface area contributed by atoms with Crippen molar-refractivity contribution in [2.45, 2.75) is 45.2 Å². The topological polar surface area (TPSA) is 90.9 Å². The number of hydrogen-bond donors (Lipinski definition) is 4. The van der Waals surface area contributed by atoms with Gasteiger partial charge < -0.3 is 21.4 Å². The van der Waals surface area contributed by atoms with E-state index in [0.717, 1.165) is 6.42 Å². The largest absolute Gasteiger partial charge is 0.409 e. The molecule has 5 nitrogen and oxygen atoms in total. The zero-order chi connectivity index (χ0) is 11.2. The van der Waals surface area contributed by atoms with E-state index >= 15 is 0 Å². The van der Waals surface area contributed by atoms with E-state index in [1.807, 2.05) is 20.8 Å². The fraction of sp³-hybridized carbons (Fsp3) is 0.889. The van der Waals surface area contributed by atoms with Crippen LogP contribution in [0.2, 0.25) is 0 Å². The van der Waals surface area contributed by atoms with Gasteiger partial charge in [-0.15, -0.1) is 0 Å². The molecule has 0 spiro atoms. The van der Waals surface area contributed by atoms with Crippen molar-refractivity contribution in [2.75, 3.05) is 6.61 Å². The maximum absolute atomic E-state index is 9.15. The van der Waals surface area contributed by atoms with Gasteiger partial charge in [0.15, 0.2) is 0 Å². The molecule has 2 unspecified atom stereocenters. The zero-order valence-electron chi connectivity index (χ0n) is 9.12. The lowest BCUT2D eigenvalue weighted by Crippen LogP contribution is -2.50. The highest BCUT2D eigenvalue weighted by atomic mass is 16.4. The van der Waals surface area contributed by atoms with Crippen LogP contribution >= 0.6 is 0 Å². The van der Waals surface area contributed by atoms with Crippen LogP contribution in [0.1, 0.15) is 33.6 Å². The third kappa shape index (κ3) is 4.43. The van der Waals surface area contributed by atoms with Gasteiger partial charge in [0.25, 0.3) is 0 Å². The molecule has 84 valence electrons. The van der Waals surface area contributed by atoms with Crippen molar-refractivity contribution in [3.63, 3.8) is 0 Å². The molecule has 0 aromatic rings. The Morgan fingerprint density at radius 2 is 2.21 bits per heavy atom. The molecule has 0 heterocycles. The van der Waals surface area contributed by atoms with Gasteiger partial charge in [-0.3, -0.25) is 0 Å². The van der Waals surface area contributed by atoms with Crippen LogP contribution in [0.4, 0.5) is 0 Å². The lowest BCUT2D eigenvalue weighted by atomic mass is 9.98. The lowest BCUT2D eigenvalue weighted by molar-refractivity contribution is 0.159. The summed E-state index contributed by atoms with van der Waals surface area (Å²) in [6.07, 6.45) is 1.29. The van der Waals surface area contributed by atoms with Crippen molar-refractivity contribution in [3.8, 4) is 0 Å². The molecule has 0 saturated carbocycles. The number of rotatable bonds is 6. The molecule has 0 saturated heterocycles. The number of nitrogens with zero attached hydrogens (tertiary/aromatic N) is 1. The predicted octanol–water partition coefficient (Wildman–Crippen LogP) is 0.262. The van der Waals surface area contributed by atoms with Crippen molar-refractivity contribution >= 4 is 5.84 Å². The molecule has 0 aromatic heterocycles. The summed E-state index contributed by atoms with van der Waals surface area (Å²) in [4.78, 5) is 0. The molecule has 0 bridgehead atoms. The number of amidine groups is 1. The maximum atomic E-state index is 9.15. The molecule has 0 aliphatic rings. The second kappa shape index (κ2) is 5.82. The molecule has 0 rings (SSSR count). The van der Waals surface area contributed by atoms with Gasteiger partial charge in [-0.2, -0.15) is 0 Å². The van der Waals surface area contributed by atoms with Gasteiger partial charge in [0, 0.05) is 18.0 Å². The van der Waals surface area contributed by atoms with Gasteiger partial charge in [0.05, 0.1) is 6.61 Å². The summed E-state index contributed by atoms with van der Waals surface area (Å²) < 4.78 is 0. The minimum absolute atomic E-state index is 0.0722. The van der Waals surface area contributed by atoms with Crippen LogP contribution in [0.25, 0.3) is 0 Å². The van der Waals surface area contributed by atoms with E-state index in [4.69, 9.17) is 16.0 Å². The van der Waals surface area contributed by atoms with Gasteiger partial charge >= 0.3 is 0 Å². The summed E-state index contributed by atoms with van der Waals surface area (Å²) in [7, 11) is 0. The van der Waals surface area contributed by atoms with Crippen molar-refractivity contribution in [2.24, 2.45) is 10.9 Å². The van der Waals surface area contributed by atoms with Crippen molar-refractivity contribution in [3.05, 3.63) is 0 Å². The summed E-state index contributed by atoms with van der Waals surface area (Å²) in [5, 5.41) is 23.7. The van der Waals surface area contributed by atoms with E-state index in [9.17, 15) is 0 Å². The highest BCUT2D eigenvalue weighted by Crippen LogP contribution is 2.09. The van der Waals surface area contributed by atoms with Crippen LogP contribution in [0.5, 0.6) is 0 Å². The van der Waals surface area contributed by atoms with E-state index in [1.54, 1.807) is 0 Å². The van der Waals surface area contributed by atoms with Gasteiger partial charge in [0.2, 0.25) is 0 Å². The standard InChI is InChI=1S/C9H21N3O2/c1-4-9(3,6-13)11-7(2)5-8(10)12-14/h7,11,13-14H,4-6H2,1-3H3,(H2,10,12). The second-order valence-electron chi connectivity index (χ2n) is 3.91. The normalized spacial score (nSPS) is 19.0. The van der Waals surface area contributed by atoms with Crippen LogP contribution in [0.3, 0.4) is 0 Å². The Morgan fingerprint density at radius 1 is 1.64 bits per heavy atom. The summed E-state index contributed by atoms with van der Waals surface area (Å²) in [5.74, 6) is 0.196. The Morgan fingerprint density at radius 3 is 2.57 bits per heavy atom. The quantitative estimate of drug-likeness (QED) is 0.216. The SMILES string of the molecule is CCC(C)(CO)NC(C)CC(N)=NO. The highest BCUT2D eigenvalue weighted by molar-refractivity contribution is 5.80. The van der Waals surface area contributed by atoms with Crippen LogP contribution in [-0.2, 0) is 0 Å². The van der Waals surface area contributed by atoms with Crippen molar-refractivity contribution in [1.29, 1.82) is 0 Å². The molecular weight excluding hydrogens is 182 g/mol. The molecule has 0 radical (unpaired) electrons. The van der Waals surface area contributed by atoms with Crippen molar-refractivity contribution < 1.29 is 10.3 Å².